The Bertz CT molecular complexity index is 614. The van der Waals surface area contributed by atoms with E-state index in [0.717, 1.165) is 32.6 Å². The molecule has 0 amide bonds. The Labute approximate surface area is 158 Å². The predicted molar refractivity (Wildman–Crippen MR) is 93.6 cm³/mol. The third-order valence-electron chi connectivity index (χ3n) is 9.14. The first kappa shape index (κ1) is 19.5. The lowest BCUT2D eigenvalue weighted by atomic mass is 9.60. The smallest absolute Gasteiger partial charge is 0.416 e. The second-order valence-electron chi connectivity index (χ2n) is 10.3. The molecule has 4 bridgehead atoms. The molecule has 0 saturated heterocycles. The summed E-state index contributed by atoms with van der Waals surface area (Å²) in [4.78, 5) is 11.5. The predicted octanol–water partition coefficient (Wildman–Crippen LogP) is 4.59. The first-order valence-corrected chi connectivity index (χ1v) is 10.4. The van der Waals surface area contributed by atoms with Crippen molar-refractivity contribution < 1.29 is 28.2 Å². The molecular weight excluding hydrogens is 357 g/mol. The van der Waals surface area contributed by atoms with Crippen LogP contribution in [0, 0.1) is 59.2 Å². The van der Waals surface area contributed by atoms with Crippen molar-refractivity contribution in [3.8, 4) is 0 Å². The zero-order valence-corrected chi connectivity index (χ0v) is 16.2. The Morgan fingerprint density at radius 1 is 0.963 bits per heavy atom. The molecule has 0 radical (unpaired) electrons. The van der Waals surface area contributed by atoms with Gasteiger partial charge in [0.1, 0.15) is 0 Å². The number of halogens is 3. The third-order valence-corrected chi connectivity index (χ3v) is 9.14. The van der Waals surface area contributed by atoms with Crippen LogP contribution in [-0.2, 0) is 4.79 Å². The number of fused-ring (bicyclic) bond motifs is 4. The van der Waals surface area contributed by atoms with Crippen LogP contribution in [0.1, 0.15) is 52.9 Å². The van der Waals surface area contributed by atoms with E-state index in [1.54, 1.807) is 0 Å². The van der Waals surface area contributed by atoms with Crippen LogP contribution in [0.5, 0.6) is 0 Å². The van der Waals surface area contributed by atoms with E-state index < -0.39 is 17.7 Å². The molecule has 0 aromatic carbocycles. The normalized spacial score (nSPS) is 50.9. The van der Waals surface area contributed by atoms with Gasteiger partial charge in [0, 0.05) is 0 Å². The van der Waals surface area contributed by atoms with Crippen LogP contribution < -0.4 is 0 Å². The van der Waals surface area contributed by atoms with E-state index in [0.29, 0.717) is 35.5 Å². The van der Waals surface area contributed by atoms with Crippen LogP contribution in [0.3, 0.4) is 0 Å². The van der Waals surface area contributed by atoms with Gasteiger partial charge in [-0.05, 0) is 92.3 Å². The molecule has 27 heavy (non-hydrogen) atoms. The highest BCUT2D eigenvalue weighted by molar-refractivity contribution is 5.71. The number of aliphatic hydroxyl groups is 1. The average Bonchev–Trinajstić information content (AvgIpc) is 3.25. The molecule has 0 spiro atoms. The van der Waals surface area contributed by atoms with Crippen molar-refractivity contribution in [1.29, 1.82) is 0 Å². The molecule has 11 unspecified atom stereocenters. The number of rotatable bonds is 4. The number of hydrogen-bond acceptors (Lipinski definition) is 2. The lowest BCUT2D eigenvalue weighted by Gasteiger charge is -2.45. The van der Waals surface area contributed by atoms with Gasteiger partial charge in [0.15, 0.2) is 5.60 Å². The summed E-state index contributed by atoms with van der Waals surface area (Å²) in [6.07, 6.45) is -1.32. The van der Waals surface area contributed by atoms with Gasteiger partial charge < -0.3 is 10.2 Å². The molecule has 0 aliphatic heterocycles. The Morgan fingerprint density at radius 2 is 1.59 bits per heavy atom. The first-order chi connectivity index (χ1) is 12.4. The number of carboxylic acids is 1. The second kappa shape index (κ2) is 6.11. The van der Waals surface area contributed by atoms with E-state index in [-0.39, 0.29) is 30.1 Å². The van der Waals surface area contributed by atoms with Gasteiger partial charge in [-0.25, -0.2) is 0 Å². The van der Waals surface area contributed by atoms with Gasteiger partial charge in [-0.1, -0.05) is 13.8 Å². The molecule has 6 heteroatoms. The lowest BCUT2D eigenvalue weighted by Crippen LogP contribution is -2.46. The standard InChI is InChI=1S/C21H31F3O3/c1-9-11-4-13(8-20(3,27)21(22,23)24)15(5-11)18(9)17-10(2)14-6-12(17)7-16(14)19(25)26/h9-18,27H,4-8H2,1-3H3,(H,25,26). The van der Waals surface area contributed by atoms with E-state index in [2.05, 4.69) is 13.8 Å². The maximum absolute atomic E-state index is 13.2. The Balaban J connectivity index is 1.52. The number of hydrogen-bond donors (Lipinski definition) is 2. The molecule has 0 heterocycles. The summed E-state index contributed by atoms with van der Waals surface area (Å²) >= 11 is 0. The van der Waals surface area contributed by atoms with E-state index in [9.17, 15) is 28.2 Å². The quantitative estimate of drug-likeness (QED) is 0.741. The minimum absolute atomic E-state index is 0.0746. The summed E-state index contributed by atoms with van der Waals surface area (Å²) < 4.78 is 39.6. The summed E-state index contributed by atoms with van der Waals surface area (Å²) in [7, 11) is 0. The first-order valence-electron chi connectivity index (χ1n) is 10.4. The average molecular weight is 388 g/mol. The van der Waals surface area contributed by atoms with Crippen molar-refractivity contribution in [2.45, 2.75) is 64.7 Å². The van der Waals surface area contributed by atoms with Gasteiger partial charge in [0.05, 0.1) is 5.92 Å². The van der Waals surface area contributed by atoms with Crippen LogP contribution in [-0.4, -0.2) is 28.0 Å². The fraction of sp³-hybridized carbons (Fsp3) is 0.952. The van der Waals surface area contributed by atoms with Crippen LogP contribution >= 0.6 is 0 Å². The van der Waals surface area contributed by atoms with Gasteiger partial charge in [-0.3, -0.25) is 4.79 Å². The van der Waals surface area contributed by atoms with Crippen LogP contribution in [0.25, 0.3) is 0 Å². The highest BCUT2D eigenvalue weighted by Gasteiger charge is 2.62. The van der Waals surface area contributed by atoms with Gasteiger partial charge in [-0.15, -0.1) is 0 Å². The van der Waals surface area contributed by atoms with E-state index in [1.165, 1.54) is 0 Å². The Morgan fingerprint density at radius 3 is 2.11 bits per heavy atom. The number of alkyl halides is 3. The number of carbonyl (C=O) groups is 1. The van der Waals surface area contributed by atoms with E-state index >= 15 is 0 Å². The van der Waals surface area contributed by atoms with Crippen molar-refractivity contribution in [1.82, 2.24) is 0 Å². The zero-order valence-electron chi connectivity index (χ0n) is 16.2. The molecule has 154 valence electrons. The molecule has 4 aliphatic carbocycles. The molecule has 4 fully saturated rings. The van der Waals surface area contributed by atoms with Crippen molar-refractivity contribution in [2.24, 2.45) is 59.2 Å². The lowest BCUT2D eigenvalue weighted by molar-refractivity contribution is -0.260. The Hall–Kier alpha value is -0.780. The third kappa shape index (κ3) is 2.84. The molecular formula is C21H31F3O3. The minimum atomic E-state index is -4.59. The molecule has 0 aromatic rings. The summed E-state index contributed by atoms with van der Waals surface area (Å²) in [5, 5.41) is 19.5. The fourth-order valence-electron chi connectivity index (χ4n) is 7.97. The van der Waals surface area contributed by atoms with Crippen molar-refractivity contribution in [2.75, 3.05) is 0 Å². The molecule has 3 nitrogen and oxygen atoms in total. The Kier molecular flexibility index (Phi) is 4.42. The monoisotopic (exact) mass is 388 g/mol. The summed E-state index contributed by atoms with van der Waals surface area (Å²) in [5.74, 6) is 1.98. The minimum Gasteiger partial charge on any atom is -0.481 e. The largest absolute Gasteiger partial charge is 0.481 e. The maximum atomic E-state index is 13.2. The van der Waals surface area contributed by atoms with Crippen LogP contribution in [0.2, 0.25) is 0 Å². The highest BCUT2D eigenvalue weighted by atomic mass is 19.4. The molecule has 4 rings (SSSR count). The van der Waals surface area contributed by atoms with E-state index in [1.807, 2.05) is 0 Å². The van der Waals surface area contributed by atoms with Crippen molar-refractivity contribution >= 4 is 5.97 Å². The highest BCUT2D eigenvalue weighted by Crippen LogP contribution is 2.66. The summed E-state index contributed by atoms with van der Waals surface area (Å²) in [6, 6.07) is 0. The van der Waals surface area contributed by atoms with Crippen LogP contribution in [0.15, 0.2) is 0 Å². The van der Waals surface area contributed by atoms with Gasteiger partial charge >= 0.3 is 12.1 Å². The van der Waals surface area contributed by atoms with Gasteiger partial charge in [0.25, 0.3) is 0 Å². The maximum Gasteiger partial charge on any atom is 0.416 e. The fourth-order valence-corrected chi connectivity index (χ4v) is 7.97. The number of aliphatic carboxylic acids is 1. The topological polar surface area (TPSA) is 57.5 Å². The summed E-state index contributed by atoms with van der Waals surface area (Å²) in [5.41, 5.74) is -2.62. The SMILES string of the molecule is CC1C2CC(CC2C(=O)O)C1C1C(C)C2CC(CC(C)(O)C(F)(F)F)C1C2. The van der Waals surface area contributed by atoms with Crippen LogP contribution in [0.4, 0.5) is 13.2 Å². The van der Waals surface area contributed by atoms with E-state index in [4.69, 9.17) is 0 Å². The molecule has 4 saturated carbocycles. The molecule has 0 aromatic heterocycles. The van der Waals surface area contributed by atoms with Gasteiger partial charge in [0.2, 0.25) is 0 Å². The van der Waals surface area contributed by atoms with Gasteiger partial charge in [-0.2, -0.15) is 13.2 Å². The molecule has 2 N–H and O–H groups in total. The summed E-state index contributed by atoms with van der Waals surface area (Å²) in [6.45, 7) is 5.33. The second-order valence-corrected chi connectivity index (χ2v) is 10.3. The number of carboxylic acid groups (broad SMARTS) is 1. The molecule has 11 atom stereocenters. The van der Waals surface area contributed by atoms with Crippen molar-refractivity contribution in [3.63, 3.8) is 0 Å². The zero-order chi connectivity index (χ0) is 19.9. The molecule has 4 aliphatic rings. The van der Waals surface area contributed by atoms with Crippen molar-refractivity contribution in [3.05, 3.63) is 0 Å².